The molecular weight excluding hydrogens is 180 g/mol. The molecule has 0 N–H and O–H groups in total. The first-order valence-corrected chi connectivity index (χ1v) is 6.40. The van der Waals surface area contributed by atoms with Crippen molar-refractivity contribution >= 4 is 0 Å². The Bertz CT molecular complexity index is 258. The average molecular weight is 204 g/mol. The fraction of sp³-hybridized carbons (Fsp3) is 0.600. The molecule has 1 aromatic rings. The van der Waals surface area contributed by atoms with Crippen molar-refractivity contribution in [3.8, 4) is 0 Å². The van der Waals surface area contributed by atoms with Gasteiger partial charge in [-0.25, -0.2) is 0 Å². The third kappa shape index (κ3) is 3.70. The molecular formula is C15H24. The van der Waals surface area contributed by atoms with Crippen molar-refractivity contribution in [2.75, 3.05) is 0 Å². The van der Waals surface area contributed by atoms with E-state index in [4.69, 9.17) is 0 Å². The average Bonchev–Trinajstić information content (AvgIpc) is 2.31. The fourth-order valence-corrected chi connectivity index (χ4v) is 2.08. The molecule has 0 saturated carbocycles. The lowest BCUT2D eigenvalue weighted by Gasteiger charge is -2.15. The molecule has 0 heterocycles. The zero-order valence-electron chi connectivity index (χ0n) is 10.4. The molecule has 0 fully saturated rings. The third-order valence-electron chi connectivity index (χ3n) is 3.26. The van der Waals surface area contributed by atoms with Gasteiger partial charge >= 0.3 is 0 Å². The van der Waals surface area contributed by atoms with Crippen LogP contribution in [0, 0.1) is 0 Å². The van der Waals surface area contributed by atoms with E-state index < -0.39 is 0 Å². The van der Waals surface area contributed by atoms with Crippen molar-refractivity contribution < 1.29 is 0 Å². The maximum absolute atomic E-state index is 2.32. The number of unbranched alkanes of at least 4 members (excludes halogenated alkanes) is 1. The summed E-state index contributed by atoms with van der Waals surface area (Å²) in [7, 11) is 0. The van der Waals surface area contributed by atoms with Crippen LogP contribution in [0.25, 0.3) is 0 Å². The SMILES string of the molecule is CCCCC(CC)c1ccc(CC)cc1. The van der Waals surface area contributed by atoms with Crippen LogP contribution in [0.4, 0.5) is 0 Å². The Morgan fingerprint density at radius 1 is 1.00 bits per heavy atom. The number of benzene rings is 1. The monoisotopic (exact) mass is 204 g/mol. The van der Waals surface area contributed by atoms with Crippen LogP contribution in [-0.2, 0) is 6.42 Å². The van der Waals surface area contributed by atoms with Crippen LogP contribution in [0.5, 0.6) is 0 Å². The number of hydrogen-bond acceptors (Lipinski definition) is 0. The van der Waals surface area contributed by atoms with Crippen LogP contribution < -0.4 is 0 Å². The van der Waals surface area contributed by atoms with Gasteiger partial charge in [-0.1, -0.05) is 57.9 Å². The highest BCUT2D eigenvalue weighted by atomic mass is 14.1. The first-order valence-electron chi connectivity index (χ1n) is 6.40. The molecule has 1 unspecified atom stereocenters. The van der Waals surface area contributed by atoms with Crippen molar-refractivity contribution in [1.82, 2.24) is 0 Å². The van der Waals surface area contributed by atoms with Gasteiger partial charge in [-0.05, 0) is 36.3 Å². The summed E-state index contributed by atoms with van der Waals surface area (Å²) in [6.45, 7) is 6.78. The van der Waals surface area contributed by atoms with Gasteiger partial charge < -0.3 is 0 Å². The van der Waals surface area contributed by atoms with Gasteiger partial charge in [-0.2, -0.15) is 0 Å². The van der Waals surface area contributed by atoms with E-state index in [1.807, 2.05) is 0 Å². The minimum Gasteiger partial charge on any atom is -0.0654 e. The lowest BCUT2D eigenvalue weighted by molar-refractivity contribution is 0.569. The first-order chi connectivity index (χ1) is 7.31. The largest absolute Gasteiger partial charge is 0.0654 e. The Morgan fingerprint density at radius 2 is 1.67 bits per heavy atom. The molecule has 1 atom stereocenters. The summed E-state index contributed by atoms with van der Waals surface area (Å²) < 4.78 is 0. The van der Waals surface area contributed by atoms with Crippen molar-refractivity contribution in [3.63, 3.8) is 0 Å². The van der Waals surface area contributed by atoms with E-state index in [1.54, 1.807) is 0 Å². The third-order valence-corrected chi connectivity index (χ3v) is 3.26. The van der Waals surface area contributed by atoms with E-state index >= 15 is 0 Å². The lowest BCUT2D eigenvalue weighted by Crippen LogP contribution is -1.97. The van der Waals surface area contributed by atoms with Gasteiger partial charge in [0.05, 0.1) is 0 Å². The molecule has 0 nitrogen and oxygen atoms in total. The molecule has 0 saturated heterocycles. The van der Waals surface area contributed by atoms with E-state index in [0.717, 1.165) is 12.3 Å². The Labute approximate surface area is 94.7 Å². The minimum absolute atomic E-state index is 0.774. The molecule has 0 aliphatic carbocycles. The van der Waals surface area contributed by atoms with Crippen LogP contribution in [0.1, 0.15) is 63.5 Å². The second kappa shape index (κ2) is 6.66. The predicted molar refractivity (Wildman–Crippen MR) is 68.4 cm³/mol. The summed E-state index contributed by atoms with van der Waals surface area (Å²) in [4.78, 5) is 0. The van der Waals surface area contributed by atoms with E-state index in [9.17, 15) is 0 Å². The quantitative estimate of drug-likeness (QED) is 0.616. The Balaban J connectivity index is 2.65. The maximum atomic E-state index is 2.32. The van der Waals surface area contributed by atoms with Crippen LogP contribution >= 0.6 is 0 Å². The number of aryl methyl sites for hydroxylation is 1. The second-order valence-corrected chi connectivity index (χ2v) is 4.34. The van der Waals surface area contributed by atoms with Gasteiger partial charge in [0.25, 0.3) is 0 Å². The highest BCUT2D eigenvalue weighted by Gasteiger charge is 2.07. The summed E-state index contributed by atoms with van der Waals surface area (Å²) in [6, 6.07) is 9.21. The molecule has 0 aromatic heterocycles. The van der Waals surface area contributed by atoms with E-state index in [1.165, 1.54) is 36.8 Å². The number of hydrogen-bond donors (Lipinski definition) is 0. The molecule has 84 valence electrons. The molecule has 0 heteroatoms. The van der Waals surface area contributed by atoms with Crippen LogP contribution in [0.3, 0.4) is 0 Å². The highest BCUT2D eigenvalue weighted by molar-refractivity contribution is 5.25. The van der Waals surface area contributed by atoms with Crippen molar-refractivity contribution in [2.45, 2.75) is 58.8 Å². The van der Waals surface area contributed by atoms with Crippen LogP contribution in [-0.4, -0.2) is 0 Å². The molecule has 0 amide bonds. The smallest absolute Gasteiger partial charge is 0.0165 e. The van der Waals surface area contributed by atoms with Gasteiger partial charge in [0.1, 0.15) is 0 Å². The highest BCUT2D eigenvalue weighted by Crippen LogP contribution is 2.25. The minimum atomic E-state index is 0.774. The van der Waals surface area contributed by atoms with E-state index in [-0.39, 0.29) is 0 Å². The van der Waals surface area contributed by atoms with Crippen LogP contribution in [0.2, 0.25) is 0 Å². The molecule has 15 heavy (non-hydrogen) atoms. The summed E-state index contributed by atoms with van der Waals surface area (Å²) in [5.41, 5.74) is 2.98. The zero-order chi connectivity index (χ0) is 11.1. The van der Waals surface area contributed by atoms with Gasteiger partial charge in [0.2, 0.25) is 0 Å². The Morgan fingerprint density at radius 3 is 2.13 bits per heavy atom. The molecule has 0 radical (unpaired) electrons. The zero-order valence-corrected chi connectivity index (χ0v) is 10.4. The first kappa shape index (κ1) is 12.3. The van der Waals surface area contributed by atoms with Gasteiger partial charge in [0, 0.05) is 0 Å². The molecule has 0 spiro atoms. The van der Waals surface area contributed by atoms with Crippen molar-refractivity contribution in [1.29, 1.82) is 0 Å². The van der Waals surface area contributed by atoms with Gasteiger partial charge in [-0.15, -0.1) is 0 Å². The molecule has 1 rings (SSSR count). The van der Waals surface area contributed by atoms with Gasteiger partial charge in [-0.3, -0.25) is 0 Å². The molecule has 0 aliphatic rings. The van der Waals surface area contributed by atoms with Crippen molar-refractivity contribution in [3.05, 3.63) is 35.4 Å². The molecule has 1 aromatic carbocycles. The fourth-order valence-electron chi connectivity index (χ4n) is 2.08. The van der Waals surface area contributed by atoms with Crippen LogP contribution in [0.15, 0.2) is 24.3 Å². The van der Waals surface area contributed by atoms with E-state index in [0.29, 0.717) is 0 Å². The predicted octanol–water partition coefficient (Wildman–Crippen LogP) is 4.93. The summed E-state index contributed by atoms with van der Waals surface area (Å²) in [5, 5.41) is 0. The molecule has 0 bridgehead atoms. The molecule has 0 aliphatic heterocycles. The van der Waals surface area contributed by atoms with E-state index in [2.05, 4.69) is 45.0 Å². The summed E-state index contributed by atoms with van der Waals surface area (Å²) >= 11 is 0. The summed E-state index contributed by atoms with van der Waals surface area (Å²) in [6.07, 6.45) is 6.42. The maximum Gasteiger partial charge on any atom is -0.0165 e. The number of rotatable bonds is 6. The second-order valence-electron chi connectivity index (χ2n) is 4.34. The standard InChI is InChI=1S/C15H24/c1-4-7-8-14(6-3)15-11-9-13(5-2)10-12-15/h9-12,14H,4-8H2,1-3H3. The van der Waals surface area contributed by atoms with Crippen molar-refractivity contribution in [2.24, 2.45) is 0 Å². The topological polar surface area (TPSA) is 0 Å². The normalized spacial score (nSPS) is 12.7. The lowest BCUT2D eigenvalue weighted by atomic mass is 9.91. The summed E-state index contributed by atoms with van der Waals surface area (Å²) in [5.74, 6) is 0.774. The Hall–Kier alpha value is -0.780. The Kier molecular flexibility index (Phi) is 5.45. The van der Waals surface area contributed by atoms with Gasteiger partial charge in [0.15, 0.2) is 0 Å².